The predicted octanol–water partition coefficient (Wildman–Crippen LogP) is 0.746. The van der Waals surface area contributed by atoms with Crippen molar-refractivity contribution in [3.8, 4) is 0 Å². The molecule has 5 nitrogen and oxygen atoms in total. The van der Waals surface area contributed by atoms with Crippen LogP contribution < -0.4 is 5.73 Å². The first-order valence-corrected chi connectivity index (χ1v) is 5.47. The highest BCUT2D eigenvalue weighted by molar-refractivity contribution is 4.94. The lowest BCUT2D eigenvalue weighted by molar-refractivity contribution is -0.00220. The van der Waals surface area contributed by atoms with Crippen molar-refractivity contribution in [1.29, 1.82) is 0 Å². The molecule has 1 heterocycles. The van der Waals surface area contributed by atoms with Crippen molar-refractivity contribution in [3.63, 3.8) is 0 Å². The van der Waals surface area contributed by atoms with Crippen LogP contribution in [0.25, 0.3) is 0 Å². The van der Waals surface area contributed by atoms with Gasteiger partial charge in [0, 0.05) is 26.6 Å². The van der Waals surface area contributed by atoms with Crippen molar-refractivity contribution in [2.75, 3.05) is 7.11 Å². The fourth-order valence-corrected chi connectivity index (χ4v) is 1.99. The smallest absolute Gasteiger partial charge is 0.138 e. The van der Waals surface area contributed by atoms with Gasteiger partial charge in [-0.3, -0.25) is 4.68 Å². The van der Waals surface area contributed by atoms with E-state index >= 15 is 0 Å². The molecule has 0 saturated heterocycles. The average Bonchev–Trinajstić information content (AvgIpc) is 2.50. The van der Waals surface area contributed by atoms with Gasteiger partial charge in [-0.15, -0.1) is 0 Å². The van der Waals surface area contributed by atoms with Gasteiger partial charge in [-0.1, -0.05) is 20.8 Å². The Hall–Kier alpha value is -0.940. The summed E-state index contributed by atoms with van der Waals surface area (Å²) in [6.07, 6.45) is 2.22. The highest BCUT2D eigenvalue weighted by Crippen LogP contribution is 2.24. The average molecular weight is 226 g/mol. The molecule has 0 aliphatic rings. The van der Waals surface area contributed by atoms with E-state index in [0.717, 1.165) is 5.82 Å². The van der Waals surface area contributed by atoms with Crippen LogP contribution in [0.1, 0.15) is 26.6 Å². The maximum atomic E-state index is 6.17. The van der Waals surface area contributed by atoms with E-state index in [-0.39, 0.29) is 17.6 Å². The number of nitrogens with zero attached hydrogens (tertiary/aromatic N) is 3. The molecule has 0 aliphatic carbocycles. The summed E-state index contributed by atoms with van der Waals surface area (Å²) in [7, 11) is 3.57. The van der Waals surface area contributed by atoms with E-state index in [1.54, 1.807) is 18.1 Å². The third kappa shape index (κ3) is 3.02. The number of ether oxygens (including phenoxy) is 1. The molecular weight excluding hydrogens is 204 g/mol. The molecule has 92 valence electrons. The summed E-state index contributed by atoms with van der Waals surface area (Å²) in [6.45, 7) is 6.37. The topological polar surface area (TPSA) is 66.0 Å². The Labute approximate surface area is 97.0 Å². The van der Waals surface area contributed by atoms with E-state index in [4.69, 9.17) is 10.5 Å². The Balaban J connectivity index is 2.71. The summed E-state index contributed by atoms with van der Waals surface area (Å²) < 4.78 is 7.23. The van der Waals surface area contributed by atoms with Crippen molar-refractivity contribution in [2.45, 2.75) is 39.3 Å². The van der Waals surface area contributed by atoms with Gasteiger partial charge in [-0.05, 0) is 5.41 Å². The number of aromatic nitrogens is 3. The minimum absolute atomic E-state index is 0.00389. The van der Waals surface area contributed by atoms with Crippen molar-refractivity contribution < 1.29 is 4.74 Å². The van der Waals surface area contributed by atoms with Gasteiger partial charge in [0.05, 0.1) is 6.10 Å². The van der Waals surface area contributed by atoms with Gasteiger partial charge in [-0.2, -0.15) is 5.10 Å². The first kappa shape index (κ1) is 13.1. The monoisotopic (exact) mass is 226 g/mol. The van der Waals surface area contributed by atoms with E-state index < -0.39 is 0 Å². The quantitative estimate of drug-likeness (QED) is 0.822. The molecular formula is C11H22N4O. The van der Waals surface area contributed by atoms with Crippen LogP contribution in [-0.2, 0) is 18.2 Å². The van der Waals surface area contributed by atoms with E-state index in [9.17, 15) is 0 Å². The SMILES string of the molecule is COC(C(N)Cc1ncnn1C)C(C)(C)C. The Morgan fingerprint density at radius 1 is 1.50 bits per heavy atom. The molecule has 0 saturated carbocycles. The molecule has 5 heteroatoms. The fraction of sp³-hybridized carbons (Fsp3) is 0.818. The zero-order valence-corrected chi connectivity index (χ0v) is 10.8. The van der Waals surface area contributed by atoms with Crippen LogP contribution in [-0.4, -0.2) is 34.0 Å². The Morgan fingerprint density at radius 3 is 2.50 bits per heavy atom. The predicted molar refractivity (Wildman–Crippen MR) is 62.9 cm³/mol. The third-order valence-corrected chi connectivity index (χ3v) is 2.72. The molecule has 1 aromatic rings. The standard InChI is InChI=1S/C11H22N4O/c1-11(2,3)10(16-5)8(12)6-9-13-7-14-15(9)4/h7-8,10H,6,12H2,1-5H3. The lowest BCUT2D eigenvalue weighted by Gasteiger charge is -2.33. The summed E-state index contributed by atoms with van der Waals surface area (Å²) in [5.41, 5.74) is 6.19. The Morgan fingerprint density at radius 2 is 2.12 bits per heavy atom. The van der Waals surface area contributed by atoms with Gasteiger partial charge >= 0.3 is 0 Å². The van der Waals surface area contributed by atoms with Crippen LogP contribution in [0, 0.1) is 5.41 Å². The molecule has 2 unspecified atom stereocenters. The fourth-order valence-electron chi connectivity index (χ4n) is 1.99. The second-order valence-electron chi connectivity index (χ2n) is 5.19. The molecule has 0 fully saturated rings. The second-order valence-corrected chi connectivity index (χ2v) is 5.19. The van der Waals surface area contributed by atoms with Gasteiger partial charge in [-0.25, -0.2) is 4.98 Å². The maximum Gasteiger partial charge on any atom is 0.138 e. The summed E-state index contributed by atoms with van der Waals surface area (Å²) in [5.74, 6) is 0.888. The molecule has 2 N–H and O–H groups in total. The van der Waals surface area contributed by atoms with Crippen LogP contribution in [0.15, 0.2) is 6.33 Å². The minimum Gasteiger partial charge on any atom is -0.379 e. The molecule has 0 amide bonds. The number of hydrogen-bond acceptors (Lipinski definition) is 4. The highest BCUT2D eigenvalue weighted by atomic mass is 16.5. The third-order valence-electron chi connectivity index (χ3n) is 2.72. The lowest BCUT2D eigenvalue weighted by Crippen LogP contribution is -2.46. The van der Waals surface area contributed by atoms with Gasteiger partial charge in [0.1, 0.15) is 12.2 Å². The van der Waals surface area contributed by atoms with E-state index in [1.165, 1.54) is 0 Å². The first-order valence-electron chi connectivity index (χ1n) is 5.47. The van der Waals surface area contributed by atoms with Crippen LogP contribution in [0.3, 0.4) is 0 Å². The molecule has 0 radical (unpaired) electrons. The maximum absolute atomic E-state index is 6.17. The van der Waals surface area contributed by atoms with Crippen molar-refractivity contribution in [2.24, 2.45) is 18.2 Å². The van der Waals surface area contributed by atoms with Crippen LogP contribution in [0.2, 0.25) is 0 Å². The zero-order chi connectivity index (χ0) is 12.3. The van der Waals surface area contributed by atoms with Crippen molar-refractivity contribution in [3.05, 3.63) is 12.2 Å². The number of nitrogens with two attached hydrogens (primary N) is 1. The molecule has 2 atom stereocenters. The first-order chi connectivity index (χ1) is 7.36. The summed E-state index contributed by atoms with van der Waals surface area (Å²) >= 11 is 0. The van der Waals surface area contributed by atoms with Crippen LogP contribution >= 0.6 is 0 Å². The summed E-state index contributed by atoms with van der Waals surface area (Å²) in [6, 6.07) is -0.0760. The molecule has 1 rings (SSSR count). The minimum atomic E-state index is -0.0760. The Kier molecular flexibility index (Phi) is 4.04. The van der Waals surface area contributed by atoms with Gasteiger partial charge in [0.15, 0.2) is 0 Å². The van der Waals surface area contributed by atoms with Gasteiger partial charge < -0.3 is 10.5 Å². The molecule has 0 aromatic carbocycles. The molecule has 0 bridgehead atoms. The number of methoxy groups -OCH3 is 1. The Bertz CT molecular complexity index is 329. The number of rotatable bonds is 4. The summed E-state index contributed by atoms with van der Waals surface area (Å²) in [5, 5.41) is 4.03. The van der Waals surface area contributed by atoms with Gasteiger partial charge in [0.25, 0.3) is 0 Å². The second kappa shape index (κ2) is 4.93. The van der Waals surface area contributed by atoms with Crippen LogP contribution in [0.4, 0.5) is 0 Å². The molecule has 1 aromatic heterocycles. The lowest BCUT2D eigenvalue weighted by atomic mass is 9.83. The van der Waals surface area contributed by atoms with E-state index in [0.29, 0.717) is 6.42 Å². The van der Waals surface area contributed by atoms with E-state index in [1.807, 2.05) is 7.05 Å². The van der Waals surface area contributed by atoms with E-state index in [2.05, 4.69) is 30.9 Å². The van der Waals surface area contributed by atoms with Crippen molar-refractivity contribution >= 4 is 0 Å². The zero-order valence-electron chi connectivity index (χ0n) is 10.8. The molecule has 0 aliphatic heterocycles. The number of hydrogen-bond donors (Lipinski definition) is 1. The number of aryl methyl sites for hydroxylation is 1. The van der Waals surface area contributed by atoms with Gasteiger partial charge in [0.2, 0.25) is 0 Å². The highest BCUT2D eigenvalue weighted by Gasteiger charge is 2.30. The molecule has 0 spiro atoms. The normalized spacial score (nSPS) is 16.1. The molecule has 16 heavy (non-hydrogen) atoms. The summed E-state index contributed by atoms with van der Waals surface area (Å²) in [4.78, 5) is 4.17. The largest absolute Gasteiger partial charge is 0.379 e. The van der Waals surface area contributed by atoms with Crippen molar-refractivity contribution in [1.82, 2.24) is 14.8 Å². The van der Waals surface area contributed by atoms with Crippen LogP contribution in [0.5, 0.6) is 0 Å².